The maximum atomic E-state index is 13.1. The number of carboxylic acids is 1. The molecule has 0 bridgehead atoms. The zero-order valence-electron chi connectivity index (χ0n) is 15.2. The monoisotopic (exact) mass is 360 g/mol. The number of hydrogen-bond acceptors (Lipinski definition) is 3. The van der Waals surface area contributed by atoms with Crippen LogP contribution in [0.1, 0.15) is 56.4 Å². The molecule has 2 atom stereocenters. The number of carbonyl (C=O) groups is 1. The van der Waals surface area contributed by atoms with Crippen LogP contribution in [0.2, 0.25) is 0 Å². The summed E-state index contributed by atoms with van der Waals surface area (Å²) in [5, 5.41) is 12.9. The summed E-state index contributed by atoms with van der Waals surface area (Å²) in [6.45, 7) is 1.14. The standard InChI is InChI=1S/C21H29FN2O2/c22-17-6-3-15(4-7-17)16-5-8-18(9-16)23-19-10-20(11-19)24(13-21(25)26)12-14-1-2-14/h3-4,6-7,14,16,18-20,23H,1-2,5,8-13H2,(H,25,26). The maximum Gasteiger partial charge on any atom is 0.317 e. The highest BCUT2D eigenvalue weighted by Crippen LogP contribution is 2.37. The summed E-state index contributed by atoms with van der Waals surface area (Å²) in [5.74, 6) is 0.383. The van der Waals surface area contributed by atoms with Crippen molar-refractivity contribution in [2.24, 2.45) is 5.92 Å². The van der Waals surface area contributed by atoms with Crippen LogP contribution in [0.3, 0.4) is 0 Å². The van der Waals surface area contributed by atoms with E-state index >= 15 is 0 Å². The van der Waals surface area contributed by atoms with Crippen molar-refractivity contribution >= 4 is 5.97 Å². The summed E-state index contributed by atoms with van der Waals surface area (Å²) >= 11 is 0. The van der Waals surface area contributed by atoms with Gasteiger partial charge in [-0.1, -0.05) is 12.1 Å². The number of rotatable bonds is 8. The molecule has 0 aliphatic heterocycles. The summed E-state index contributed by atoms with van der Waals surface area (Å²) in [6.07, 6.45) is 8.11. The fraction of sp³-hybridized carbons (Fsp3) is 0.667. The van der Waals surface area contributed by atoms with Crippen molar-refractivity contribution in [3.63, 3.8) is 0 Å². The first-order chi connectivity index (χ1) is 12.6. The second-order valence-electron chi connectivity index (χ2n) is 8.51. The molecule has 142 valence electrons. The normalized spacial score (nSPS) is 31.2. The third-order valence-corrected chi connectivity index (χ3v) is 6.40. The number of hydrogen-bond donors (Lipinski definition) is 2. The van der Waals surface area contributed by atoms with Crippen molar-refractivity contribution in [1.82, 2.24) is 10.2 Å². The highest BCUT2D eigenvalue weighted by atomic mass is 19.1. The first-order valence-electron chi connectivity index (χ1n) is 10.0. The van der Waals surface area contributed by atoms with E-state index in [1.165, 1.54) is 24.8 Å². The average Bonchev–Trinajstić information content (AvgIpc) is 3.25. The molecule has 3 aliphatic rings. The van der Waals surface area contributed by atoms with Crippen molar-refractivity contribution in [3.8, 4) is 0 Å². The molecule has 0 spiro atoms. The van der Waals surface area contributed by atoms with Crippen molar-refractivity contribution in [2.45, 2.75) is 69.0 Å². The zero-order chi connectivity index (χ0) is 18.1. The van der Waals surface area contributed by atoms with Crippen LogP contribution in [0.4, 0.5) is 4.39 Å². The van der Waals surface area contributed by atoms with E-state index in [1.807, 2.05) is 12.1 Å². The molecule has 0 saturated heterocycles. The molecule has 4 rings (SSSR count). The summed E-state index contributed by atoms with van der Waals surface area (Å²) in [5.41, 5.74) is 1.25. The van der Waals surface area contributed by atoms with E-state index in [-0.39, 0.29) is 12.4 Å². The number of benzene rings is 1. The summed E-state index contributed by atoms with van der Waals surface area (Å²) in [6, 6.07) is 8.44. The Hall–Kier alpha value is -1.46. The van der Waals surface area contributed by atoms with Crippen LogP contribution in [0, 0.1) is 11.7 Å². The van der Waals surface area contributed by atoms with Gasteiger partial charge >= 0.3 is 5.97 Å². The molecule has 0 heterocycles. The van der Waals surface area contributed by atoms with E-state index in [0.717, 1.165) is 38.1 Å². The molecule has 1 aromatic rings. The summed E-state index contributed by atoms with van der Waals surface area (Å²) in [7, 11) is 0. The lowest BCUT2D eigenvalue weighted by Crippen LogP contribution is -2.55. The Kier molecular flexibility index (Phi) is 5.28. The van der Waals surface area contributed by atoms with Crippen molar-refractivity contribution in [3.05, 3.63) is 35.6 Å². The van der Waals surface area contributed by atoms with E-state index in [0.29, 0.717) is 24.0 Å². The van der Waals surface area contributed by atoms with Crippen molar-refractivity contribution in [2.75, 3.05) is 13.1 Å². The largest absolute Gasteiger partial charge is 0.480 e. The van der Waals surface area contributed by atoms with Crippen molar-refractivity contribution in [1.29, 1.82) is 0 Å². The molecular weight excluding hydrogens is 331 g/mol. The van der Waals surface area contributed by atoms with Gasteiger partial charge in [-0.3, -0.25) is 9.69 Å². The van der Waals surface area contributed by atoms with Gasteiger partial charge in [0.15, 0.2) is 0 Å². The first kappa shape index (κ1) is 17.9. The second kappa shape index (κ2) is 7.65. The minimum absolute atomic E-state index is 0.168. The number of carboxylic acid groups (broad SMARTS) is 1. The summed E-state index contributed by atoms with van der Waals surface area (Å²) in [4.78, 5) is 13.3. The Labute approximate surface area is 154 Å². The van der Waals surface area contributed by atoms with Crippen LogP contribution in [0.25, 0.3) is 0 Å². The highest BCUT2D eigenvalue weighted by molar-refractivity contribution is 5.69. The minimum Gasteiger partial charge on any atom is -0.480 e. The molecule has 26 heavy (non-hydrogen) atoms. The van der Waals surface area contributed by atoms with E-state index in [4.69, 9.17) is 5.11 Å². The number of aliphatic carboxylic acids is 1. The van der Waals surface area contributed by atoms with Crippen LogP contribution in [-0.2, 0) is 4.79 Å². The number of nitrogens with one attached hydrogen (secondary N) is 1. The minimum atomic E-state index is -0.708. The van der Waals surface area contributed by atoms with Gasteiger partial charge < -0.3 is 10.4 Å². The van der Waals surface area contributed by atoms with E-state index in [1.54, 1.807) is 12.1 Å². The first-order valence-corrected chi connectivity index (χ1v) is 10.0. The van der Waals surface area contributed by atoms with Gasteiger partial charge in [-0.05, 0) is 74.5 Å². The number of halogens is 1. The molecule has 2 unspecified atom stereocenters. The number of nitrogens with zero attached hydrogens (tertiary/aromatic N) is 1. The zero-order valence-corrected chi connectivity index (χ0v) is 15.2. The Morgan fingerprint density at radius 2 is 1.81 bits per heavy atom. The SMILES string of the molecule is O=C(O)CN(CC1CC1)C1CC(NC2CCC(c3ccc(F)cc3)C2)C1. The van der Waals surface area contributed by atoms with Crippen molar-refractivity contribution < 1.29 is 14.3 Å². The fourth-order valence-electron chi connectivity index (χ4n) is 4.67. The third-order valence-electron chi connectivity index (χ3n) is 6.40. The Morgan fingerprint density at radius 1 is 1.08 bits per heavy atom. The molecule has 5 heteroatoms. The van der Waals surface area contributed by atoms with Gasteiger partial charge in [0.25, 0.3) is 0 Å². The molecular formula is C21H29FN2O2. The van der Waals surface area contributed by atoms with Crippen LogP contribution in [0.15, 0.2) is 24.3 Å². The maximum absolute atomic E-state index is 13.1. The lowest BCUT2D eigenvalue weighted by atomic mass is 9.84. The molecule has 3 fully saturated rings. The smallest absolute Gasteiger partial charge is 0.317 e. The van der Waals surface area contributed by atoms with Gasteiger partial charge in [0.05, 0.1) is 6.54 Å². The van der Waals surface area contributed by atoms with E-state index < -0.39 is 5.97 Å². The van der Waals surface area contributed by atoms with Gasteiger partial charge in [0.2, 0.25) is 0 Å². The van der Waals surface area contributed by atoms with Gasteiger partial charge in [0, 0.05) is 24.7 Å². The molecule has 1 aromatic carbocycles. The summed E-state index contributed by atoms with van der Waals surface area (Å²) < 4.78 is 13.1. The van der Waals surface area contributed by atoms with Gasteiger partial charge in [-0.25, -0.2) is 4.39 Å². The third kappa shape index (κ3) is 4.44. The molecule has 0 radical (unpaired) electrons. The van der Waals surface area contributed by atoms with Crippen LogP contribution >= 0.6 is 0 Å². The lowest BCUT2D eigenvalue weighted by Gasteiger charge is -2.44. The molecule has 0 amide bonds. The van der Waals surface area contributed by atoms with Crippen LogP contribution in [0.5, 0.6) is 0 Å². The van der Waals surface area contributed by atoms with E-state index in [2.05, 4.69) is 10.2 Å². The molecule has 2 N–H and O–H groups in total. The molecule has 3 aliphatic carbocycles. The molecule has 3 saturated carbocycles. The Morgan fingerprint density at radius 3 is 2.46 bits per heavy atom. The topological polar surface area (TPSA) is 52.6 Å². The Bertz CT molecular complexity index is 625. The molecule has 4 nitrogen and oxygen atoms in total. The predicted octanol–water partition coefficient (Wildman–Crippen LogP) is 3.38. The van der Waals surface area contributed by atoms with Crippen LogP contribution < -0.4 is 5.32 Å². The van der Waals surface area contributed by atoms with Gasteiger partial charge in [-0.2, -0.15) is 0 Å². The highest BCUT2D eigenvalue weighted by Gasteiger charge is 2.38. The molecule has 0 aromatic heterocycles. The van der Waals surface area contributed by atoms with E-state index in [9.17, 15) is 9.18 Å². The second-order valence-corrected chi connectivity index (χ2v) is 8.51. The fourth-order valence-corrected chi connectivity index (χ4v) is 4.67. The predicted molar refractivity (Wildman–Crippen MR) is 98.7 cm³/mol. The van der Waals surface area contributed by atoms with Crippen LogP contribution in [-0.4, -0.2) is 47.2 Å². The quantitative estimate of drug-likeness (QED) is 0.746. The Balaban J connectivity index is 1.22. The average molecular weight is 360 g/mol. The lowest BCUT2D eigenvalue weighted by molar-refractivity contribution is -0.139. The van der Waals surface area contributed by atoms with Gasteiger partial charge in [-0.15, -0.1) is 0 Å². The van der Waals surface area contributed by atoms with Gasteiger partial charge in [0.1, 0.15) is 5.82 Å².